The summed E-state index contributed by atoms with van der Waals surface area (Å²) in [6.45, 7) is 0.301. The van der Waals surface area contributed by atoms with E-state index < -0.39 is 11.7 Å². The van der Waals surface area contributed by atoms with E-state index in [2.05, 4.69) is 10.6 Å². The number of amides is 2. The van der Waals surface area contributed by atoms with E-state index in [4.69, 9.17) is 4.42 Å². The molecule has 7 heteroatoms. The van der Waals surface area contributed by atoms with Gasteiger partial charge in [0.15, 0.2) is 0 Å². The van der Waals surface area contributed by atoms with Gasteiger partial charge >= 0.3 is 0 Å². The second kappa shape index (κ2) is 8.99. The zero-order valence-electron chi connectivity index (χ0n) is 12.4. The van der Waals surface area contributed by atoms with Crippen molar-refractivity contribution in [2.75, 3.05) is 18.8 Å². The van der Waals surface area contributed by atoms with Gasteiger partial charge in [-0.3, -0.25) is 9.59 Å². The van der Waals surface area contributed by atoms with Crippen LogP contribution in [0.15, 0.2) is 47.1 Å². The van der Waals surface area contributed by atoms with Crippen molar-refractivity contribution in [2.45, 2.75) is 5.75 Å². The Morgan fingerprint density at radius 2 is 1.96 bits per heavy atom. The topological polar surface area (TPSA) is 71.3 Å². The van der Waals surface area contributed by atoms with E-state index >= 15 is 0 Å². The lowest BCUT2D eigenvalue weighted by Gasteiger charge is -2.07. The fourth-order valence-electron chi connectivity index (χ4n) is 1.79. The molecule has 2 aromatic rings. The number of nitrogens with one attached hydrogen (secondary N) is 2. The first-order chi connectivity index (χ1) is 11.2. The largest absolute Gasteiger partial charge is 0.468 e. The van der Waals surface area contributed by atoms with Crippen LogP contribution in [-0.4, -0.2) is 30.7 Å². The average Bonchev–Trinajstić information content (AvgIpc) is 3.06. The summed E-state index contributed by atoms with van der Waals surface area (Å²) in [6.07, 6.45) is 1.62. The first-order valence-electron chi connectivity index (χ1n) is 7.06. The van der Waals surface area contributed by atoms with E-state index in [0.717, 1.165) is 17.3 Å². The van der Waals surface area contributed by atoms with Crippen LogP contribution in [0.25, 0.3) is 0 Å². The first kappa shape index (κ1) is 17.1. The number of halogens is 1. The van der Waals surface area contributed by atoms with Gasteiger partial charge in [-0.2, -0.15) is 11.8 Å². The van der Waals surface area contributed by atoms with Crippen LogP contribution in [0, 0.1) is 5.82 Å². The predicted molar refractivity (Wildman–Crippen MR) is 86.6 cm³/mol. The lowest BCUT2D eigenvalue weighted by atomic mass is 10.2. The Morgan fingerprint density at radius 1 is 1.13 bits per heavy atom. The van der Waals surface area contributed by atoms with Crippen molar-refractivity contribution in [2.24, 2.45) is 0 Å². The molecule has 0 unspecified atom stereocenters. The number of hydrogen-bond acceptors (Lipinski definition) is 4. The van der Waals surface area contributed by atoms with Crippen LogP contribution in [0.5, 0.6) is 0 Å². The molecule has 0 fully saturated rings. The molecule has 0 spiro atoms. The number of benzene rings is 1. The Hall–Kier alpha value is -2.28. The van der Waals surface area contributed by atoms with Gasteiger partial charge in [0.2, 0.25) is 5.91 Å². The number of rotatable bonds is 8. The standard InChI is InChI=1S/C16H17FN2O3S/c17-14-6-2-1-5-13(14)16(21)19-10-15(20)18-7-9-23-11-12-4-3-8-22-12/h1-6,8H,7,9-11H2,(H,18,20)(H,19,21). The van der Waals surface area contributed by atoms with Gasteiger partial charge in [-0.15, -0.1) is 0 Å². The minimum absolute atomic E-state index is 0.0747. The highest BCUT2D eigenvalue weighted by atomic mass is 32.2. The monoisotopic (exact) mass is 336 g/mol. The Bertz CT molecular complexity index is 647. The van der Waals surface area contributed by atoms with E-state index in [1.54, 1.807) is 24.1 Å². The van der Waals surface area contributed by atoms with Crippen LogP contribution >= 0.6 is 11.8 Å². The van der Waals surface area contributed by atoms with Gasteiger partial charge in [-0.05, 0) is 24.3 Å². The normalized spacial score (nSPS) is 10.3. The van der Waals surface area contributed by atoms with Gasteiger partial charge in [0, 0.05) is 12.3 Å². The van der Waals surface area contributed by atoms with Crippen LogP contribution in [-0.2, 0) is 10.5 Å². The number of carbonyl (C=O) groups excluding carboxylic acids is 2. The first-order valence-corrected chi connectivity index (χ1v) is 8.22. The van der Waals surface area contributed by atoms with Crippen molar-refractivity contribution < 1.29 is 18.4 Å². The molecule has 1 aromatic carbocycles. The highest BCUT2D eigenvalue weighted by molar-refractivity contribution is 7.98. The summed E-state index contributed by atoms with van der Waals surface area (Å²) < 4.78 is 18.6. The molecule has 0 saturated carbocycles. The second-order valence-electron chi connectivity index (χ2n) is 4.64. The molecule has 0 atom stereocenters. The van der Waals surface area contributed by atoms with Crippen LogP contribution < -0.4 is 10.6 Å². The smallest absolute Gasteiger partial charge is 0.254 e. The molecule has 0 aliphatic carbocycles. The van der Waals surface area contributed by atoms with Crippen molar-refractivity contribution >= 4 is 23.6 Å². The lowest BCUT2D eigenvalue weighted by Crippen LogP contribution is -2.38. The third-order valence-electron chi connectivity index (χ3n) is 2.92. The molecule has 1 aromatic heterocycles. The minimum Gasteiger partial charge on any atom is -0.468 e. The van der Waals surface area contributed by atoms with E-state index in [9.17, 15) is 14.0 Å². The van der Waals surface area contributed by atoms with E-state index in [1.165, 1.54) is 18.2 Å². The lowest BCUT2D eigenvalue weighted by molar-refractivity contribution is -0.120. The Morgan fingerprint density at radius 3 is 2.70 bits per heavy atom. The molecule has 2 N–H and O–H groups in total. The highest BCUT2D eigenvalue weighted by Crippen LogP contribution is 2.11. The summed E-state index contributed by atoms with van der Waals surface area (Å²) >= 11 is 1.63. The molecule has 2 rings (SSSR count). The minimum atomic E-state index is -0.611. The van der Waals surface area contributed by atoms with E-state index in [1.807, 2.05) is 12.1 Å². The van der Waals surface area contributed by atoms with Crippen molar-refractivity contribution in [1.82, 2.24) is 10.6 Å². The molecule has 2 amide bonds. The van der Waals surface area contributed by atoms with Gasteiger partial charge in [-0.25, -0.2) is 4.39 Å². The Kier molecular flexibility index (Phi) is 6.68. The summed E-state index contributed by atoms with van der Waals surface area (Å²) in [6, 6.07) is 9.35. The maximum Gasteiger partial charge on any atom is 0.254 e. The third kappa shape index (κ3) is 5.78. The SMILES string of the molecule is O=C(CNC(=O)c1ccccc1F)NCCSCc1ccco1. The molecular weight excluding hydrogens is 319 g/mol. The van der Waals surface area contributed by atoms with E-state index in [-0.39, 0.29) is 18.0 Å². The summed E-state index contributed by atoms with van der Waals surface area (Å²) in [5.41, 5.74) is -0.0747. The Labute approximate surface area is 137 Å². The summed E-state index contributed by atoms with van der Waals surface area (Å²) in [5, 5.41) is 5.08. The van der Waals surface area contributed by atoms with Gasteiger partial charge in [-0.1, -0.05) is 12.1 Å². The molecule has 5 nitrogen and oxygen atoms in total. The van der Waals surface area contributed by atoms with Crippen molar-refractivity contribution in [1.29, 1.82) is 0 Å². The fraction of sp³-hybridized carbons (Fsp3) is 0.250. The molecular formula is C16H17FN2O3S. The number of furan rings is 1. The second-order valence-corrected chi connectivity index (χ2v) is 5.75. The molecule has 23 heavy (non-hydrogen) atoms. The highest BCUT2D eigenvalue weighted by Gasteiger charge is 2.11. The summed E-state index contributed by atoms with van der Waals surface area (Å²) in [5.74, 6) is 0.831. The maximum atomic E-state index is 13.4. The van der Waals surface area contributed by atoms with Gasteiger partial charge in [0.05, 0.1) is 24.1 Å². The molecule has 0 aliphatic heterocycles. The van der Waals surface area contributed by atoms with Crippen LogP contribution in [0.4, 0.5) is 4.39 Å². The van der Waals surface area contributed by atoms with Crippen LogP contribution in [0.1, 0.15) is 16.1 Å². The zero-order valence-corrected chi connectivity index (χ0v) is 13.2. The average molecular weight is 336 g/mol. The molecule has 0 aliphatic rings. The van der Waals surface area contributed by atoms with Crippen LogP contribution in [0.2, 0.25) is 0 Å². The third-order valence-corrected chi connectivity index (χ3v) is 3.90. The number of carbonyl (C=O) groups is 2. The van der Waals surface area contributed by atoms with Crippen molar-refractivity contribution in [3.8, 4) is 0 Å². The maximum absolute atomic E-state index is 13.4. The number of thioether (sulfide) groups is 1. The zero-order chi connectivity index (χ0) is 16.5. The molecule has 122 valence electrons. The van der Waals surface area contributed by atoms with Crippen molar-refractivity contribution in [3.63, 3.8) is 0 Å². The van der Waals surface area contributed by atoms with Gasteiger partial charge in [0.25, 0.3) is 5.91 Å². The van der Waals surface area contributed by atoms with E-state index in [0.29, 0.717) is 6.54 Å². The summed E-state index contributed by atoms with van der Waals surface area (Å²) in [7, 11) is 0. The fourth-order valence-corrected chi connectivity index (χ4v) is 2.55. The predicted octanol–water partition coefficient (Wildman–Crippen LogP) is 2.20. The molecule has 0 radical (unpaired) electrons. The van der Waals surface area contributed by atoms with Crippen molar-refractivity contribution in [3.05, 3.63) is 59.8 Å². The van der Waals surface area contributed by atoms with Crippen LogP contribution in [0.3, 0.4) is 0 Å². The van der Waals surface area contributed by atoms with Gasteiger partial charge < -0.3 is 15.1 Å². The molecule has 0 bridgehead atoms. The molecule has 1 heterocycles. The van der Waals surface area contributed by atoms with Gasteiger partial charge in [0.1, 0.15) is 11.6 Å². The summed E-state index contributed by atoms with van der Waals surface area (Å²) in [4.78, 5) is 23.3. The molecule has 0 saturated heterocycles. The quantitative estimate of drug-likeness (QED) is 0.725. The number of hydrogen-bond donors (Lipinski definition) is 2. The Balaban J connectivity index is 1.60.